The van der Waals surface area contributed by atoms with E-state index in [-0.39, 0.29) is 5.78 Å². The number of aryl methyl sites for hydroxylation is 1. The minimum absolute atomic E-state index is 0.00268. The Morgan fingerprint density at radius 1 is 1.39 bits per heavy atom. The molecule has 0 unspecified atom stereocenters. The minimum atomic E-state index is -0.00268. The normalized spacial score (nSPS) is 11.1. The summed E-state index contributed by atoms with van der Waals surface area (Å²) in [5, 5.41) is 0.819. The molecular formula is C13H15N3OS. The highest BCUT2D eigenvalue weighted by atomic mass is 32.1. The fourth-order valence-corrected chi connectivity index (χ4v) is 2.43. The smallest absolute Gasteiger partial charge is 0.199 e. The van der Waals surface area contributed by atoms with Crippen LogP contribution in [-0.2, 0) is 0 Å². The first kappa shape index (κ1) is 12.6. The fraction of sp³-hybridized carbons (Fsp3) is 0.231. The molecule has 0 radical (unpaired) electrons. The molecule has 2 aromatic rings. The van der Waals surface area contributed by atoms with Crippen LogP contribution in [0.2, 0.25) is 0 Å². The molecule has 0 N–H and O–H groups in total. The molecule has 0 amide bonds. The van der Waals surface area contributed by atoms with Crippen molar-refractivity contribution in [2.45, 2.75) is 6.92 Å². The first-order valence-electron chi connectivity index (χ1n) is 5.57. The SMILES string of the molecule is Cc1nc(-n2cccc2)sc1C(=O)/C=C/N(C)C. The number of hydrogen-bond acceptors (Lipinski definition) is 4. The van der Waals surface area contributed by atoms with Crippen LogP contribution < -0.4 is 0 Å². The summed E-state index contributed by atoms with van der Waals surface area (Å²) in [6.07, 6.45) is 7.15. The van der Waals surface area contributed by atoms with Gasteiger partial charge in [0.1, 0.15) is 0 Å². The second-order valence-corrected chi connectivity index (χ2v) is 5.12. The molecule has 2 heterocycles. The molecule has 0 aliphatic heterocycles. The van der Waals surface area contributed by atoms with Crippen LogP contribution in [0.15, 0.2) is 36.8 Å². The summed E-state index contributed by atoms with van der Waals surface area (Å²) in [4.78, 5) is 18.9. The van der Waals surface area contributed by atoms with Crippen LogP contribution in [0.3, 0.4) is 0 Å². The van der Waals surface area contributed by atoms with E-state index >= 15 is 0 Å². The molecule has 2 aromatic heterocycles. The van der Waals surface area contributed by atoms with E-state index < -0.39 is 0 Å². The van der Waals surface area contributed by atoms with Gasteiger partial charge in [-0.15, -0.1) is 0 Å². The largest absolute Gasteiger partial charge is 0.383 e. The van der Waals surface area contributed by atoms with Crippen molar-refractivity contribution in [2.24, 2.45) is 0 Å². The average molecular weight is 261 g/mol. The van der Waals surface area contributed by atoms with Crippen molar-refractivity contribution < 1.29 is 4.79 Å². The Morgan fingerprint density at radius 2 is 2.06 bits per heavy atom. The number of carbonyl (C=O) groups is 1. The lowest BCUT2D eigenvalue weighted by atomic mass is 10.3. The molecular weight excluding hydrogens is 246 g/mol. The standard InChI is InChI=1S/C13H15N3OS/c1-10-12(11(17)6-9-15(2)3)18-13(14-10)16-7-4-5-8-16/h4-9H,1-3H3/b9-6+. The molecule has 0 atom stereocenters. The van der Waals surface area contributed by atoms with Gasteiger partial charge in [0, 0.05) is 38.8 Å². The zero-order valence-corrected chi connectivity index (χ0v) is 11.4. The van der Waals surface area contributed by atoms with Crippen LogP contribution >= 0.6 is 11.3 Å². The van der Waals surface area contributed by atoms with Gasteiger partial charge in [0.25, 0.3) is 0 Å². The number of rotatable bonds is 4. The van der Waals surface area contributed by atoms with E-state index in [0.717, 1.165) is 10.8 Å². The third-order valence-electron chi connectivity index (χ3n) is 2.36. The van der Waals surface area contributed by atoms with Crippen molar-refractivity contribution >= 4 is 17.1 Å². The van der Waals surface area contributed by atoms with Gasteiger partial charge in [-0.1, -0.05) is 11.3 Å². The number of ketones is 1. The van der Waals surface area contributed by atoms with Gasteiger partial charge in [0.05, 0.1) is 10.6 Å². The monoisotopic (exact) mass is 261 g/mol. The minimum Gasteiger partial charge on any atom is -0.383 e. The van der Waals surface area contributed by atoms with Crippen LogP contribution in [0, 0.1) is 6.92 Å². The molecule has 0 aromatic carbocycles. The number of allylic oxidation sites excluding steroid dienone is 1. The number of thiazole rings is 1. The second-order valence-electron chi connectivity index (χ2n) is 4.14. The zero-order chi connectivity index (χ0) is 13.1. The van der Waals surface area contributed by atoms with Crippen molar-refractivity contribution in [3.05, 3.63) is 47.4 Å². The average Bonchev–Trinajstić information content (AvgIpc) is 2.94. The fourth-order valence-electron chi connectivity index (χ4n) is 1.48. The number of carbonyl (C=O) groups excluding carboxylic acids is 1. The molecule has 0 saturated heterocycles. The highest BCUT2D eigenvalue weighted by Crippen LogP contribution is 2.22. The van der Waals surface area contributed by atoms with Gasteiger partial charge in [0.2, 0.25) is 0 Å². The predicted molar refractivity (Wildman–Crippen MR) is 73.3 cm³/mol. The van der Waals surface area contributed by atoms with Gasteiger partial charge in [-0.3, -0.25) is 4.79 Å². The molecule has 5 heteroatoms. The van der Waals surface area contributed by atoms with Crippen LogP contribution in [0.4, 0.5) is 0 Å². The van der Waals surface area contributed by atoms with Crippen molar-refractivity contribution in [3.8, 4) is 5.13 Å². The van der Waals surface area contributed by atoms with E-state index in [1.165, 1.54) is 11.3 Å². The molecule has 18 heavy (non-hydrogen) atoms. The molecule has 0 aliphatic rings. The van der Waals surface area contributed by atoms with Gasteiger partial charge >= 0.3 is 0 Å². The van der Waals surface area contributed by atoms with Gasteiger partial charge in [-0.05, 0) is 19.1 Å². The third kappa shape index (κ3) is 2.68. The topological polar surface area (TPSA) is 38.1 Å². The maximum Gasteiger partial charge on any atom is 0.199 e. The van der Waals surface area contributed by atoms with Gasteiger partial charge in [0.15, 0.2) is 10.9 Å². The van der Waals surface area contributed by atoms with Gasteiger partial charge < -0.3 is 9.47 Å². The van der Waals surface area contributed by atoms with Crippen molar-refractivity contribution in [1.82, 2.24) is 14.5 Å². The summed E-state index contributed by atoms with van der Waals surface area (Å²) in [6.45, 7) is 1.86. The number of nitrogens with zero attached hydrogens (tertiary/aromatic N) is 3. The number of hydrogen-bond donors (Lipinski definition) is 0. The van der Waals surface area contributed by atoms with Crippen LogP contribution in [-0.4, -0.2) is 34.3 Å². The Morgan fingerprint density at radius 3 is 2.67 bits per heavy atom. The second kappa shape index (κ2) is 5.18. The van der Waals surface area contributed by atoms with E-state index in [9.17, 15) is 4.79 Å². The van der Waals surface area contributed by atoms with E-state index in [2.05, 4.69) is 4.98 Å². The van der Waals surface area contributed by atoms with Gasteiger partial charge in [-0.25, -0.2) is 4.98 Å². The van der Waals surface area contributed by atoms with Crippen molar-refractivity contribution in [1.29, 1.82) is 0 Å². The summed E-state index contributed by atoms with van der Waals surface area (Å²) in [7, 11) is 3.77. The highest BCUT2D eigenvalue weighted by Gasteiger charge is 2.13. The third-order valence-corrected chi connectivity index (χ3v) is 3.54. The maximum atomic E-state index is 12.0. The maximum absolute atomic E-state index is 12.0. The first-order chi connectivity index (χ1) is 8.58. The Labute approximate surface area is 110 Å². The summed E-state index contributed by atoms with van der Waals surface area (Å²) in [6, 6.07) is 3.87. The predicted octanol–water partition coefficient (Wildman–Crippen LogP) is 2.50. The molecule has 0 saturated carbocycles. The summed E-state index contributed by atoms with van der Waals surface area (Å²) >= 11 is 1.41. The Balaban J connectivity index is 2.27. The number of aromatic nitrogens is 2. The lowest BCUT2D eigenvalue weighted by Crippen LogP contribution is -2.02. The molecule has 0 fully saturated rings. The molecule has 94 valence electrons. The Hall–Kier alpha value is -1.88. The Bertz CT molecular complexity index is 567. The molecule has 0 aliphatic carbocycles. The van der Waals surface area contributed by atoms with E-state index in [1.807, 2.05) is 55.0 Å². The van der Waals surface area contributed by atoms with Crippen LogP contribution in [0.25, 0.3) is 5.13 Å². The van der Waals surface area contributed by atoms with E-state index in [0.29, 0.717) is 4.88 Å². The summed E-state index contributed by atoms with van der Waals surface area (Å²) in [5.41, 5.74) is 0.775. The van der Waals surface area contributed by atoms with E-state index in [4.69, 9.17) is 0 Å². The zero-order valence-electron chi connectivity index (χ0n) is 10.6. The molecule has 4 nitrogen and oxygen atoms in total. The van der Waals surface area contributed by atoms with Crippen LogP contribution in [0.5, 0.6) is 0 Å². The van der Waals surface area contributed by atoms with Gasteiger partial charge in [-0.2, -0.15) is 0 Å². The first-order valence-corrected chi connectivity index (χ1v) is 6.39. The lowest BCUT2D eigenvalue weighted by Gasteiger charge is -2.01. The van der Waals surface area contributed by atoms with Crippen molar-refractivity contribution in [2.75, 3.05) is 14.1 Å². The highest BCUT2D eigenvalue weighted by molar-refractivity contribution is 7.16. The molecule has 0 bridgehead atoms. The molecule has 2 rings (SSSR count). The summed E-state index contributed by atoms with van der Waals surface area (Å²) < 4.78 is 1.91. The summed E-state index contributed by atoms with van der Waals surface area (Å²) in [5.74, 6) is -0.00268. The Kier molecular flexibility index (Phi) is 3.62. The quantitative estimate of drug-likeness (QED) is 0.627. The van der Waals surface area contributed by atoms with E-state index in [1.54, 1.807) is 12.3 Å². The van der Waals surface area contributed by atoms with Crippen molar-refractivity contribution in [3.63, 3.8) is 0 Å². The van der Waals surface area contributed by atoms with Crippen LogP contribution in [0.1, 0.15) is 15.4 Å². The molecule has 0 spiro atoms. The lowest BCUT2D eigenvalue weighted by molar-refractivity contribution is 0.104.